The highest BCUT2D eigenvalue weighted by Gasteiger charge is 2.15. The zero-order valence-electron chi connectivity index (χ0n) is 11.5. The van der Waals surface area contributed by atoms with Gasteiger partial charge in [-0.25, -0.2) is 4.98 Å². The summed E-state index contributed by atoms with van der Waals surface area (Å²) in [4.78, 5) is 4.73. The van der Waals surface area contributed by atoms with E-state index in [0.29, 0.717) is 6.54 Å². The average molecular weight is 257 g/mol. The molecule has 2 aromatic heterocycles. The van der Waals surface area contributed by atoms with Crippen LogP contribution in [0.3, 0.4) is 0 Å². The van der Waals surface area contributed by atoms with Crippen LogP contribution in [-0.2, 0) is 13.0 Å². The third kappa shape index (κ3) is 2.66. The first-order chi connectivity index (χ1) is 9.38. The molecule has 102 valence electrons. The molecule has 0 amide bonds. The van der Waals surface area contributed by atoms with Crippen LogP contribution in [-0.4, -0.2) is 9.38 Å². The van der Waals surface area contributed by atoms with Gasteiger partial charge in [0.25, 0.3) is 0 Å². The van der Waals surface area contributed by atoms with Crippen LogP contribution < -0.4 is 5.73 Å². The number of aryl methyl sites for hydroxylation is 1. The van der Waals surface area contributed by atoms with Crippen molar-refractivity contribution in [3.8, 4) is 0 Å². The van der Waals surface area contributed by atoms with E-state index in [4.69, 9.17) is 10.7 Å². The van der Waals surface area contributed by atoms with Crippen LogP contribution in [0.25, 0.3) is 5.52 Å². The van der Waals surface area contributed by atoms with Crippen molar-refractivity contribution >= 4 is 5.52 Å². The van der Waals surface area contributed by atoms with E-state index in [1.165, 1.54) is 49.9 Å². The minimum absolute atomic E-state index is 0.525. The Kier molecular flexibility index (Phi) is 3.83. The number of fused-ring (bicyclic) bond motifs is 1. The Bertz CT molecular complexity index is 538. The third-order valence-corrected chi connectivity index (χ3v) is 4.39. The normalized spacial score (nSPS) is 17.1. The van der Waals surface area contributed by atoms with Gasteiger partial charge in [0, 0.05) is 19.2 Å². The van der Waals surface area contributed by atoms with Crippen molar-refractivity contribution in [3.05, 3.63) is 35.9 Å². The number of rotatable bonds is 4. The van der Waals surface area contributed by atoms with Crippen LogP contribution in [0.4, 0.5) is 0 Å². The molecule has 0 aromatic carbocycles. The number of imidazole rings is 1. The van der Waals surface area contributed by atoms with Crippen molar-refractivity contribution in [3.63, 3.8) is 0 Å². The second-order valence-electron chi connectivity index (χ2n) is 5.68. The monoisotopic (exact) mass is 257 g/mol. The lowest BCUT2D eigenvalue weighted by Gasteiger charge is -2.20. The number of nitrogens with zero attached hydrogens (tertiary/aromatic N) is 2. The summed E-state index contributed by atoms with van der Waals surface area (Å²) in [6, 6.07) is 6.24. The summed E-state index contributed by atoms with van der Waals surface area (Å²) in [5, 5.41) is 0. The van der Waals surface area contributed by atoms with Crippen LogP contribution >= 0.6 is 0 Å². The summed E-state index contributed by atoms with van der Waals surface area (Å²) in [6.07, 6.45) is 11.5. The van der Waals surface area contributed by atoms with Crippen LogP contribution in [0.5, 0.6) is 0 Å². The molecular formula is C16H23N3. The van der Waals surface area contributed by atoms with Gasteiger partial charge in [0.05, 0.1) is 11.2 Å². The van der Waals surface area contributed by atoms with Gasteiger partial charge in [0.15, 0.2) is 0 Å². The highest BCUT2D eigenvalue weighted by molar-refractivity contribution is 5.53. The molecule has 0 bridgehead atoms. The smallest absolute Gasteiger partial charge is 0.113 e. The lowest BCUT2D eigenvalue weighted by molar-refractivity contribution is 0.337. The maximum atomic E-state index is 5.79. The van der Waals surface area contributed by atoms with Gasteiger partial charge < -0.3 is 10.1 Å². The molecule has 2 heterocycles. The fraction of sp³-hybridized carbons (Fsp3) is 0.562. The van der Waals surface area contributed by atoms with E-state index < -0.39 is 0 Å². The van der Waals surface area contributed by atoms with Gasteiger partial charge >= 0.3 is 0 Å². The van der Waals surface area contributed by atoms with Crippen LogP contribution in [0.15, 0.2) is 24.4 Å². The zero-order chi connectivity index (χ0) is 13.1. The number of hydrogen-bond acceptors (Lipinski definition) is 2. The summed E-state index contributed by atoms with van der Waals surface area (Å²) in [7, 11) is 0. The van der Waals surface area contributed by atoms with Crippen LogP contribution in [0, 0.1) is 5.92 Å². The highest BCUT2D eigenvalue weighted by Crippen LogP contribution is 2.27. The van der Waals surface area contributed by atoms with Gasteiger partial charge in [-0.05, 0) is 24.5 Å². The molecule has 3 rings (SSSR count). The molecule has 1 aliphatic rings. The van der Waals surface area contributed by atoms with E-state index in [-0.39, 0.29) is 0 Å². The molecule has 0 atom stereocenters. The summed E-state index contributed by atoms with van der Waals surface area (Å²) in [5.41, 5.74) is 7.99. The van der Waals surface area contributed by atoms with Crippen molar-refractivity contribution in [2.24, 2.45) is 11.7 Å². The largest absolute Gasteiger partial charge is 0.325 e. The lowest BCUT2D eigenvalue weighted by atomic mass is 9.86. The van der Waals surface area contributed by atoms with Crippen molar-refractivity contribution < 1.29 is 0 Å². The SMILES string of the molecule is NCc1nc(CCC2CCCCC2)n2ccccc12. The lowest BCUT2D eigenvalue weighted by Crippen LogP contribution is -2.08. The minimum Gasteiger partial charge on any atom is -0.325 e. The Morgan fingerprint density at radius 2 is 2.05 bits per heavy atom. The molecule has 2 N–H and O–H groups in total. The summed E-state index contributed by atoms with van der Waals surface area (Å²) in [6.45, 7) is 0.525. The van der Waals surface area contributed by atoms with Gasteiger partial charge in [-0.3, -0.25) is 0 Å². The third-order valence-electron chi connectivity index (χ3n) is 4.39. The Hall–Kier alpha value is -1.35. The number of hydrogen-bond donors (Lipinski definition) is 1. The molecule has 0 unspecified atom stereocenters. The van der Waals surface area contributed by atoms with E-state index in [9.17, 15) is 0 Å². The first-order valence-electron chi connectivity index (χ1n) is 7.53. The second-order valence-corrected chi connectivity index (χ2v) is 5.68. The van der Waals surface area contributed by atoms with E-state index in [1.54, 1.807) is 0 Å². The predicted octanol–water partition coefficient (Wildman–Crippen LogP) is 3.31. The zero-order valence-corrected chi connectivity index (χ0v) is 11.5. The number of aromatic nitrogens is 2. The molecule has 0 saturated heterocycles. The van der Waals surface area contributed by atoms with Gasteiger partial charge in [-0.1, -0.05) is 38.2 Å². The molecule has 0 radical (unpaired) electrons. The molecule has 3 nitrogen and oxygen atoms in total. The van der Waals surface area contributed by atoms with Gasteiger partial charge in [0.2, 0.25) is 0 Å². The quantitative estimate of drug-likeness (QED) is 0.913. The van der Waals surface area contributed by atoms with Crippen LogP contribution in [0.1, 0.15) is 50.0 Å². The molecule has 1 aliphatic carbocycles. The average Bonchev–Trinajstić information content (AvgIpc) is 2.84. The van der Waals surface area contributed by atoms with Crippen molar-refractivity contribution in [1.82, 2.24) is 9.38 Å². The van der Waals surface area contributed by atoms with Gasteiger partial charge in [0.1, 0.15) is 5.82 Å². The topological polar surface area (TPSA) is 43.3 Å². The van der Waals surface area contributed by atoms with E-state index in [2.05, 4.69) is 28.8 Å². The molecule has 3 heteroatoms. The summed E-state index contributed by atoms with van der Waals surface area (Å²) < 4.78 is 2.21. The van der Waals surface area contributed by atoms with Crippen molar-refractivity contribution in [1.29, 1.82) is 0 Å². The molecule has 2 aromatic rings. The van der Waals surface area contributed by atoms with E-state index in [0.717, 1.165) is 18.0 Å². The van der Waals surface area contributed by atoms with Crippen molar-refractivity contribution in [2.75, 3.05) is 0 Å². The first kappa shape index (κ1) is 12.7. The molecular weight excluding hydrogens is 234 g/mol. The Balaban J connectivity index is 1.76. The summed E-state index contributed by atoms with van der Waals surface area (Å²) in [5.74, 6) is 2.09. The van der Waals surface area contributed by atoms with E-state index >= 15 is 0 Å². The highest BCUT2D eigenvalue weighted by atomic mass is 15.0. The fourth-order valence-electron chi connectivity index (χ4n) is 3.31. The molecule has 0 spiro atoms. The van der Waals surface area contributed by atoms with E-state index in [1.807, 2.05) is 0 Å². The van der Waals surface area contributed by atoms with Crippen LogP contribution in [0.2, 0.25) is 0 Å². The predicted molar refractivity (Wildman–Crippen MR) is 78.0 cm³/mol. The Morgan fingerprint density at radius 1 is 1.21 bits per heavy atom. The summed E-state index contributed by atoms with van der Waals surface area (Å²) >= 11 is 0. The van der Waals surface area contributed by atoms with Crippen molar-refractivity contribution in [2.45, 2.75) is 51.5 Å². The second kappa shape index (κ2) is 5.74. The Morgan fingerprint density at radius 3 is 2.84 bits per heavy atom. The molecule has 19 heavy (non-hydrogen) atoms. The number of pyridine rings is 1. The molecule has 1 saturated carbocycles. The minimum atomic E-state index is 0.525. The standard InChI is InChI=1S/C16H23N3/c17-12-14-15-8-4-5-11-19(15)16(18-14)10-9-13-6-2-1-3-7-13/h4-5,8,11,13H,1-3,6-7,9-10,12,17H2. The maximum Gasteiger partial charge on any atom is 0.113 e. The molecule has 0 aliphatic heterocycles. The van der Waals surface area contributed by atoms with Gasteiger partial charge in [-0.15, -0.1) is 0 Å². The maximum absolute atomic E-state index is 5.79. The fourth-order valence-corrected chi connectivity index (χ4v) is 3.31. The van der Waals surface area contributed by atoms with Gasteiger partial charge in [-0.2, -0.15) is 0 Å². The Labute approximate surface area is 114 Å². The number of nitrogens with two attached hydrogens (primary N) is 1. The first-order valence-corrected chi connectivity index (χ1v) is 7.53. The molecule has 1 fully saturated rings.